The molecule has 27 heavy (non-hydrogen) atoms. The van der Waals surface area contributed by atoms with E-state index in [1.807, 2.05) is 0 Å². The molecule has 0 aliphatic rings. The largest absolute Gasteiger partial charge is 0.330 e. The second-order valence-electron chi connectivity index (χ2n) is 6.88. The predicted octanol–water partition coefficient (Wildman–Crippen LogP) is 5.43. The number of benzene rings is 3. The van der Waals surface area contributed by atoms with Gasteiger partial charge in [-0.15, -0.1) is 0 Å². The molecule has 3 aromatic rings. The highest BCUT2D eigenvalue weighted by Crippen LogP contribution is 2.26. The van der Waals surface area contributed by atoms with Gasteiger partial charge in [0.25, 0.3) is 0 Å². The van der Waals surface area contributed by atoms with Gasteiger partial charge >= 0.3 is 0 Å². The van der Waals surface area contributed by atoms with Gasteiger partial charge in [-0.2, -0.15) is 0 Å². The molecule has 0 radical (unpaired) electrons. The smallest absolute Gasteiger partial charge is 0.0234 e. The fourth-order valence-corrected chi connectivity index (χ4v) is 3.69. The number of nitrogens with two attached hydrogens (primary N) is 1. The lowest BCUT2D eigenvalue weighted by atomic mass is 9.90. The monoisotopic (exact) mass is 422 g/mol. The van der Waals surface area contributed by atoms with E-state index in [1.54, 1.807) is 0 Å². The third-order valence-corrected chi connectivity index (χ3v) is 5.37. The molecule has 2 N–H and O–H groups in total. The second-order valence-corrected chi connectivity index (χ2v) is 7.79. The molecule has 0 unspecified atom stereocenters. The van der Waals surface area contributed by atoms with E-state index < -0.39 is 0 Å². The molecule has 0 spiro atoms. The minimum Gasteiger partial charge on any atom is -0.330 e. The fourth-order valence-electron chi connectivity index (χ4n) is 3.43. The van der Waals surface area contributed by atoms with E-state index in [-0.39, 0.29) is 0 Å². The predicted molar refractivity (Wildman–Crippen MR) is 118 cm³/mol. The van der Waals surface area contributed by atoms with Gasteiger partial charge in [0.2, 0.25) is 0 Å². The number of nitrogens with zero attached hydrogens (tertiary/aromatic N) is 1. The van der Waals surface area contributed by atoms with Crippen molar-refractivity contribution in [3.63, 3.8) is 0 Å². The zero-order valence-electron chi connectivity index (χ0n) is 15.6. The normalized spacial score (nSPS) is 11.3. The molecule has 0 saturated carbocycles. The van der Waals surface area contributed by atoms with Crippen LogP contribution in [0.25, 0.3) is 0 Å². The SMILES string of the molecule is NCCCN(Cc1ccc(Br)cc1)CC(c1ccccc1)c1ccccc1. The molecular weight excluding hydrogens is 396 g/mol. The summed E-state index contributed by atoms with van der Waals surface area (Å²) in [7, 11) is 0. The van der Waals surface area contributed by atoms with Crippen molar-refractivity contribution in [3.8, 4) is 0 Å². The molecule has 0 aliphatic heterocycles. The number of hydrogen-bond acceptors (Lipinski definition) is 2. The first kappa shape index (κ1) is 19.8. The Kier molecular flexibility index (Phi) is 7.64. The van der Waals surface area contributed by atoms with Crippen molar-refractivity contribution >= 4 is 15.9 Å². The van der Waals surface area contributed by atoms with Crippen molar-refractivity contribution in [2.75, 3.05) is 19.6 Å². The van der Waals surface area contributed by atoms with Crippen molar-refractivity contribution in [2.24, 2.45) is 5.73 Å². The van der Waals surface area contributed by atoms with E-state index in [0.717, 1.165) is 37.1 Å². The summed E-state index contributed by atoms with van der Waals surface area (Å²) in [4.78, 5) is 2.53. The molecule has 2 nitrogen and oxygen atoms in total. The van der Waals surface area contributed by atoms with Gasteiger partial charge in [0.1, 0.15) is 0 Å². The highest BCUT2D eigenvalue weighted by molar-refractivity contribution is 9.10. The van der Waals surface area contributed by atoms with Crippen molar-refractivity contribution in [3.05, 3.63) is 106 Å². The van der Waals surface area contributed by atoms with Crippen LogP contribution in [-0.4, -0.2) is 24.5 Å². The van der Waals surface area contributed by atoms with Crippen LogP contribution in [0.4, 0.5) is 0 Å². The van der Waals surface area contributed by atoms with E-state index in [0.29, 0.717) is 5.92 Å². The summed E-state index contributed by atoms with van der Waals surface area (Å²) in [6.45, 7) is 3.63. The van der Waals surface area contributed by atoms with Gasteiger partial charge in [0.05, 0.1) is 0 Å². The first-order valence-corrected chi connectivity index (χ1v) is 10.3. The Morgan fingerprint density at radius 1 is 0.778 bits per heavy atom. The van der Waals surface area contributed by atoms with Gasteiger partial charge in [-0.1, -0.05) is 88.7 Å². The molecule has 0 heterocycles. The molecule has 3 rings (SSSR count). The van der Waals surface area contributed by atoms with Crippen molar-refractivity contribution in [2.45, 2.75) is 18.9 Å². The van der Waals surface area contributed by atoms with Crippen LogP contribution >= 0.6 is 15.9 Å². The zero-order chi connectivity index (χ0) is 18.9. The molecule has 140 valence electrons. The molecule has 3 heteroatoms. The highest BCUT2D eigenvalue weighted by atomic mass is 79.9. The standard InChI is InChI=1S/C24H27BrN2/c25-23-14-12-20(13-15-23)18-27(17-7-16-26)19-24(21-8-3-1-4-9-21)22-10-5-2-6-11-22/h1-6,8-15,24H,7,16-19,26H2. The van der Waals surface area contributed by atoms with E-state index in [9.17, 15) is 0 Å². The van der Waals surface area contributed by atoms with E-state index in [1.165, 1.54) is 16.7 Å². The van der Waals surface area contributed by atoms with Crippen LogP contribution in [0, 0.1) is 0 Å². The van der Waals surface area contributed by atoms with Crippen LogP contribution in [0.1, 0.15) is 29.0 Å². The Labute approximate surface area is 171 Å². The summed E-state index contributed by atoms with van der Waals surface area (Å²) in [5.74, 6) is 0.348. The Hall–Kier alpha value is -1.94. The summed E-state index contributed by atoms with van der Waals surface area (Å²) in [6, 6.07) is 30.2. The maximum Gasteiger partial charge on any atom is 0.0234 e. The summed E-state index contributed by atoms with van der Waals surface area (Å²) in [6.07, 6.45) is 1.01. The van der Waals surface area contributed by atoms with Crippen LogP contribution in [0.3, 0.4) is 0 Å². The third kappa shape index (κ3) is 6.03. The average molecular weight is 423 g/mol. The van der Waals surface area contributed by atoms with Gasteiger partial charge in [-0.3, -0.25) is 4.90 Å². The Morgan fingerprint density at radius 2 is 1.33 bits per heavy atom. The minimum atomic E-state index is 0.348. The Balaban J connectivity index is 1.83. The third-order valence-electron chi connectivity index (χ3n) is 4.84. The lowest BCUT2D eigenvalue weighted by Crippen LogP contribution is -2.31. The second kappa shape index (κ2) is 10.4. The van der Waals surface area contributed by atoms with Crippen LogP contribution in [0.5, 0.6) is 0 Å². The molecule has 3 aromatic carbocycles. The lowest BCUT2D eigenvalue weighted by molar-refractivity contribution is 0.255. The first-order valence-electron chi connectivity index (χ1n) is 9.53. The van der Waals surface area contributed by atoms with Gasteiger partial charge in [0, 0.05) is 23.5 Å². The topological polar surface area (TPSA) is 29.3 Å². The zero-order valence-corrected chi connectivity index (χ0v) is 17.2. The number of hydrogen-bond donors (Lipinski definition) is 1. The molecule has 0 bridgehead atoms. The maximum atomic E-state index is 5.81. The van der Waals surface area contributed by atoms with Crippen LogP contribution in [0.15, 0.2) is 89.4 Å². The van der Waals surface area contributed by atoms with Crippen molar-refractivity contribution in [1.29, 1.82) is 0 Å². The van der Waals surface area contributed by atoms with Crippen LogP contribution < -0.4 is 5.73 Å². The van der Waals surface area contributed by atoms with Crippen LogP contribution in [0.2, 0.25) is 0 Å². The highest BCUT2D eigenvalue weighted by Gasteiger charge is 2.18. The van der Waals surface area contributed by atoms with Crippen molar-refractivity contribution in [1.82, 2.24) is 4.90 Å². The number of rotatable bonds is 9. The Morgan fingerprint density at radius 3 is 1.85 bits per heavy atom. The fraction of sp³-hybridized carbons (Fsp3) is 0.250. The Bertz CT molecular complexity index is 748. The van der Waals surface area contributed by atoms with Gasteiger partial charge < -0.3 is 5.73 Å². The lowest BCUT2D eigenvalue weighted by Gasteiger charge is -2.28. The first-order chi connectivity index (χ1) is 13.3. The van der Waals surface area contributed by atoms with Crippen LogP contribution in [-0.2, 0) is 6.54 Å². The molecule has 0 aliphatic carbocycles. The molecule has 0 fully saturated rings. The summed E-state index contributed by atoms with van der Waals surface area (Å²) >= 11 is 3.52. The summed E-state index contributed by atoms with van der Waals surface area (Å²) in [5.41, 5.74) is 9.86. The summed E-state index contributed by atoms with van der Waals surface area (Å²) in [5, 5.41) is 0. The molecule has 0 atom stereocenters. The van der Waals surface area contributed by atoms with E-state index in [2.05, 4.69) is 106 Å². The van der Waals surface area contributed by atoms with Gasteiger partial charge in [-0.25, -0.2) is 0 Å². The molecular formula is C24H27BrN2. The average Bonchev–Trinajstić information content (AvgIpc) is 2.73. The maximum absolute atomic E-state index is 5.81. The van der Waals surface area contributed by atoms with Gasteiger partial charge in [0.15, 0.2) is 0 Å². The van der Waals surface area contributed by atoms with E-state index >= 15 is 0 Å². The quantitative estimate of drug-likeness (QED) is 0.497. The molecule has 0 amide bonds. The number of halogens is 1. The molecule has 0 aromatic heterocycles. The summed E-state index contributed by atoms with van der Waals surface area (Å²) < 4.78 is 1.12. The minimum absolute atomic E-state index is 0.348. The van der Waals surface area contributed by atoms with E-state index in [4.69, 9.17) is 5.73 Å². The van der Waals surface area contributed by atoms with Crippen molar-refractivity contribution < 1.29 is 0 Å². The molecule has 0 saturated heterocycles. The van der Waals surface area contributed by atoms with Gasteiger partial charge in [-0.05, 0) is 48.3 Å².